The summed E-state index contributed by atoms with van der Waals surface area (Å²) < 4.78 is 6.15. The number of carbonyl (C=O) groups excluding carboxylic acids is 2. The van der Waals surface area contributed by atoms with Gasteiger partial charge in [0.05, 0.1) is 6.04 Å². The third-order valence-corrected chi connectivity index (χ3v) is 6.61. The second kappa shape index (κ2) is 9.65. The topological polar surface area (TPSA) is 49.9 Å². The molecule has 0 saturated carbocycles. The fourth-order valence-corrected chi connectivity index (χ4v) is 4.77. The van der Waals surface area contributed by atoms with Crippen molar-refractivity contribution in [2.75, 3.05) is 19.7 Å². The molecule has 3 rings (SSSR count). The minimum Gasteiger partial charge on any atom is -0.491 e. The van der Waals surface area contributed by atoms with Crippen LogP contribution in [0.1, 0.15) is 49.7 Å². The molecule has 0 spiro atoms. The van der Waals surface area contributed by atoms with Crippen LogP contribution in [0.3, 0.4) is 0 Å². The van der Waals surface area contributed by atoms with E-state index in [-0.39, 0.29) is 36.4 Å². The molecule has 0 unspecified atom stereocenters. The maximum Gasteiger partial charge on any atom is 0.242 e. The Labute approximate surface area is 183 Å². The van der Waals surface area contributed by atoms with Gasteiger partial charge in [-0.2, -0.15) is 0 Å². The number of ether oxygens (including phenoxy) is 1. The number of para-hydroxylation sites is 1. The number of benzene rings is 1. The lowest BCUT2D eigenvalue weighted by Crippen LogP contribution is -2.50. The van der Waals surface area contributed by atoms with Crippen LogP contribution in [-0.2, 0) is 16.0 Å². The molecular weight excluding hydrogens is 396 g/mol. The summed E-state index contributed by atoms with van der Waals surface area (Å²) in [4.78, 5) is 30.9. The average Bonchev–Trinajstić information content (AvgIpc) is 3.19. The molecule has 1 atom stereocenters. The van der Waals surface area contributed by atoms with Crippen molar-refractivity contribution in [2.45, 2.75) is 53.1 Å². The molecule has 1 aromatic carbocycles. The van der Waals surface area contributed by atoms with Crippen molar-refractivity contribution in [1.82, 2.24) is 9.80 Å². The third kappa shape index (κ3) is 4.86. The van der Waals surface area contributed by atoms with Crippen LogP contribution in [0.5, 0.6) is 5.75 Å². The van der Waals surface area contributed by atoms with E-state index in [4.69, 9.17) is 4.74 Å². The van der Waals surface area contributed by atoms with E-state index in [9.17, 15) is 9.59 Å². The minimum absolute atomic E-state index is 0.0132. The normalized spacial score (nSPS) is 16.0. The van der Waals surface area contributed by atoms with Gasteiger partial charge in [-0.25, -0.2) is 0 Å². The molecule has 6 heteroatoms. The van der Waals surface area contributed by atoms with Crippen molar-refractivity contribution in [2.24, 2.45) is 5.92 Å². The number of nitrogens with zero attached hydrogens (tertiary/aromatic N) is 2. The highest BCUT2D eigenvalue weighted by Gasteiger charge is 2.34. The summed E-state index contributed by atoms with van der Waals surface area (Å²) in [6, 6.07) is 9.86. The molecule has 2 heterocycles. The first-order chi connectivity index (χ1) is 14.3. The van der Waals surface area contributed by atoms with Crippen LogP contribution in [0.4, 0.5) is 0 Å². The van der Waals surface area contributed by atoms with Crippen molar-refractivity contribution in [1.29, 1.82) is 0 Å². The van der Waals surface area contributed by atoms with Crippen LogP contribution in [0.25, 0.3) is 0 Å². The van der Waals surface area contributed by atoms with E-state index in [1.807, 2.05) is 63.8 Å². The van der Waals surface area contributed by atoms with Crippen LogP contribution in [-0.4, -0.2) is 47.4 Å². The van der Waals surface area contributed by atoms with Gasteiger partial charge in [0, 0.05) is 23.4 Å². The van der Waals surface area contributed by atoms with Gasteiger partial charge in [-0.1, -0.05) is 32.0 Å². The highest BCUT2D eigenvalue weighted by molar-refractivity contribution is 7.10. The second-order valence-corrected chi connectivity index (χ2v) is 9.44. The van der Waals surface area contributed by atoms with E-state index >= 15 is 0 Å². The minimum atomic E-state index is -0.143. The zero-order valence-electron chi connectivity index (χ0n) is 18.6. The van der Waals surface area contributed by atoms with Crippen LogP contribution >= 0.6 is 11.3 Å². The predicted molar refractivity (Wildman–Crippen MR) is 121 cm³/mol. The molecule has 5 nitrogen and oxygen atoms in total. The standard InChI is InChI=1S/C24H32N2O3S/c1-16(2)24(28)26(17(3)4)14-23(27)25-12-10-22-19(11-13-30-22)20(25)15-29-21-9-7-6-8-18(21)5/h6-9,11,13,16-17,20H,10,12,14-15H2,1-5H3/t20-/m1/s1. The van der Waals surface area contributed by atoms with Gasteiger partial charge in [0.25, 0.3) is 0 Å². The van der Waals surface area contributed by atoms with Gasteiger partial charge >= 0.3 is 0 Å². The van der Waals surface area contributed by atoms with Gasteiger partial charge in [-0.15, -0.1) is 11.3 Å². The predicted octanol–water partition coefficient (Wildman–Crippen LogP) is 4.45. The van der Waals surface area contributed by atoms with Crippen LogP contribution in [0.15, 0.2) is 35.7 Å². The molecule has 2 amide bonds. The summed E-state index contributed by atoms with van der Waals surface area (Å²) in [7, 11) is 0. The Kier molecular flexibility index (Phi) is 7.19. The van der Waals surface area contributed by atoms with Gasteiger partial charge in [0.1, 0.15) is 18.9 Å². The summed E-state index contributed by atoms with van der Waals surface area (Å²) in [6.45, 7) is 10.8. The molecule has 1 aromatic heterocycles. The van der Waals surface area contributed by atoms with Gasteiger partial charge < -0.3 is 14.5 Å². The van der Waals surface area contributed by atoms with Crippen LogP contribution < -0.4 is 4.74 Å². The summed E-state index contributed by atoms with van der Waals surface area (Å²) in [5.41, 5.74) is 2.24. The molecule has 30 heavy (non-hydrogen) atoms. The lowest BCUT2D eigenvalue weighted by Gasteiger charge is -2.38. The Bertz CT molecular complexity index is 890. The Morgan fingerprint density at radius 3 is 2.60 bits per heavy atom. The lowest BCUT2D eigenvalue weighted by molar-refractivity contribution is -0.145. The Balaban J connectivity index is 1.80. The van der Waals surface area contributed by atoms with E-state index in [1.54, 1.807) is 16.2 Å². The summed E-state index contributed by atoms with van der Waals surface area (Å²) in [5.74, 6) is 0.698. The lowest BCUT2D eigenvalue weighted by atomic mass is 10.00. The fourth-order valence-electron chi connectivity index (χ4n) is 3.84. The second-order valence-electron chi connectivity index (χ2n) is 8.44. The van der Waals surface area contributed by atoms with Gasteiger partial charge in [-0.3, -0.25) is 9.59 Å². The quantitative estimate of drug-likeness (QED) is 0.654. The number of amides is 2. The zero-order chi connectivity index (χ0) is 21.8. The fraction of sp³-hybridized carbons (Fsp3) is 0.500. The van der Waals surface area contributed by atoms with Gasteiger partial charge in [-0.05, 0) is 55.8 Å². The number of aryl methyl sites for hydroxylation is 1. The Morgan fingerprint density at radius 1 is 1.20 bits per heavy atom. The number of hydrogen-bond acceptors (Lipinski definition) is 4. The van der Waals surface area contributed by atoms with Crippen molar-refractivity contribution in [3.8, 4) is 5.75 Å². The number of rotatable bonds is 7. The Hall–Kier alpha value is -2.34. The molecule has 2 aromatic rings. The van der Waals surface area contributed by atoms with Crippen LogP contribution in [0, 0.1) is 12.8 Å². The number of hydrogen-bond donors (Lipinski definition) is 0. The average molecular weight is 429 g/mol. The van der Waals surface area contributed by atoms with Gasteiger partial charge in [0.2, 0.25) is 11.8 Å². The van der Waals surface area contributed by atoms with E-state index in [2.05, 4.69) is 11.4 Å². The van der Waals surface area contributed by atoms with E-state index in [0.29, 0.717) is 13.2 Å². The van der Waals surface area contributed by atoms with E-state index < -0.39 is 0 Å². The van der Waals surface area contributed by atoms with Crippen molar-refractivity contribution in [3.63, 3.8) is 0 Å². The van der Waals surface area contributed by atoms with Crippen LogP contribution in [0.2, 0.25) is 0 Å². The number of thiophene rings is 1. The first kappa shape index (κ1) is 22.3. The number of fused-ring (bicyclic) bond motifs is 1. The molecule has 1 aliphatic heterocycles. The molecule has 162 valence electrons. The first-order valence-corrected chi connectivity index (χ1v) is 11.5. The van der Waals surface area contributed by atoms with E-state index in [0.717, 1.165) is 17.7 Å². The molecule has 1 aliphatic rings. The maximum absolute atomic E-state index is 13.3. The zero-order valence-corrected chi connectivity index (χ0v) is 19.4. The van der Waals surface area contributed by atoms with E-state index in [1.165, 1.54) is 10.4 Å². The first-order valence-electron chi connectivity index (χ1n) is 10.6. The summed E-state index contributed by atoms with van der Waals surface area (Å²) in [6.07, 6.45) is 0.847. The molecule has 0 fully saturated rings. The summed E-state index contributed by atoms with van der Waals surface area (Å²) in [5, 5.41) is 2.09. The molecule has 0 radical (unpaired) electrons. The van der Waals surface area contributed by atoms with Crippen molar-refractivity contribution in [3.05, 3.63) is 51.7 Å². The SMILES string of the molecule is Cc1ccccc1OC[C@@H]1c2ccsc2CCN1C(=O)CN(C(=O)C(C)C)C(C)C. The molecule has 0 aliphatic carbocycles. The Morgan fingerprint density at radius 2 is 1.93 bits per heavy atom. The van der Waals surface area contributed by atoms with Crippen molar-refractivity contribution >= 4 is 23.2 Å². The molecular formula is C24H32N2O3S. The maximum atomic E-state index is 13.3. The van der Waals surface area contributed by atoms with Crippen molar-refractivity contribution < 1.29 is 14.3 Å². The highest BCUT2D eigenvalue weighted by Crippen LogP contribution is 2.34. The van der Waals surface area contributed by atoms with Gasteiger partial charge in [0.15, 0.2) is 0 Å². The number of carbonyl (C=O) groups is 2. The smallest absolute Gasteiger partial charge is 0.242 e. The summed E-state index contributed by atoms with van der Waals surface area (Å²) >= 11 is 1.74. The molecule has 0 bridgehead atoms. The molecule has 0 N–H and O–H groups in total. The largest absolute Gasteiger partial charge is 0.491 e. The highest BCUT2D eigenvalue weighted by atomic mass is 32.1. The third-order valence-electron chi connectivity index (χ3n) is 5.61. The molecule has 0 saturated heterocycles. The monoisotopic (exact) mass is 428 g/mol.